The van der Waals surface area contributed by atoms with Crippen molar-refractivity contribution in [3.05, 3.63) is 35.2 Å². The molecule has 0 aliphatic carbocycles. The highest BCUT2D eigenvalue weighted by Crippen LogP contribution is 2.27. The van der Waals surface area contributed by atoms with E-state index in [9.17, 15) is 0 Å². The van der Waals surface area contributed by atoms with Crippen LogP contribution in [-0.2, 0) is 11.3 Å². The smallest absolute Gasteiger partial charge is 0.0824 e. The molecule has 104 valence electrons. The molecule has 0 saturated carbocycles. The zero-order valence-electron chi connectivity index (χ0n) is 10.7. The molecule has 1 saturated heterocycles. The number of nitrogens with zero attached hydrogens (tertiary/aromatic N) is 1. The minimum absolute atomic E-state index is 0. The van der Waals surface area contributed by atoms with Gasteiger partial charge in [0.05, 0.1) is 12.7 Å². The van der Waals surface area contributed by atoms with Crippen molar-refractivity contribution in [2.45, 2.75) is 12.6 Å². The Morgan fingerprint density at radius 3 is 3.05 bits per heavy atom. The van der Waals surface area contributed by atoms with E-state index in [1.165, 1.54) is 15.6 Å². The quantitative estimate of drug-likeness (QED) is 0.946. The zero-order chi connectivity index (χ0) is 12.4. The lowest BCUT2D eigenvalue weighted by Crippen LogP contribution is -2.45. The standard InChI is InChI=1S/C14H18N2OS.ClH/c15-7-12-9-16(5-6-17-12)8-11-10-18-14-4-2-1-3-13(11)14;/h1-4,10,12H,5-9,15H2;1H. The van der Waals surface area contributed by atoms with E-state index >= 15 is 0 Å². The number of fused-ring (bicyclic) bond motifs is 1. The third-order valence-electron chi connectivity index (χ3n) is 3.44. The highest BCUT2D eigenvalue weighted by atomic mass is 35.5. The largest absolute Gasteiger partial charge is 0.374 e. The summed E-state index contributed by atoms with van der Waals surface area (Å²) in [5, 5.41) is 3.66. The molecule has 0 bridgehead atoms. The summed E-state index contributed by atoms with van der Waals surface area (Å²) in [6, 6.07) is 8.61. The molecule has 1 atom stereocenters. The van der Waals surface area contributed by atoms with Crippen LogP contribution < -0.4 is 5.73 Å². The molecule has 0 spiro atoms. The maximum atomic E-state index is 5.68. The third-order valence-corrected chi connectivity index (χ3v) is 4.45. The van der Waals surface area contributed by atoms with Crippen LogP contribution in [0.15, 0.2) is 29.6 Å². The molecule has 2 aromatic rings. The first-order valence-electron chi connectivity index (χ1n) is 6.36. The van der Waals surface area contributed by atoms with Crippen LogP contribution in [0.2, 0.25) is 0 Å². The van der Waals surface area contributed by atoms with E-state index in [0.717, 1.165) is 26.2 Å². The Morgan fingerprint density at radius 1 is 1.37 bits per heavy atom. The molecule has 1 aromatic carbocycles. The molecule has 0 radical (unpaired) electrons. The summed E-state index contributed by atoms with van der Waals surface area (Å²) in [6.07, 6.45) is 0.198. The molecule has 2 N–H and O–H groups in total. The van der Waals surface area contributed by atoms with Crippen molar-refractivity contribution in [1.82, 2.24) is 4.90 Å². The fourth-order valence-electron chi connectivity index (χ4n) is 2.46. The Hall–Kier alpha value is -0.650. The average molecular weight is 299 g/mol. The second-order valence-electron chi connectivity index (χ2n) is 4.72. The van der Waals surface area contributed by atoms with E-state index in [0.29, 0.717) is 6.54 Å². The van der Waals surface area contributed by atoms with Gasteiger partial charge >= 0.3 is 0 Å². The molecular weight excluding hydrogens is 280 g/mol. The molecule has 0 amide bonds. The Balaban J connectivity index is 0.00000133. The van der Waals surface area contributed by atoms with Gasteiger partial charge in [-0.1, -0.05) is 18.2 Å². The van der Waals surface area contributed by atoms with Gasteiger partial charge < -0.3 is 10.5 Å². The first-order valence-corrected chi connectivity index (χ1v) is 7.24. The number of benzene rings is 1. The van der Waals surface area contributed by atoms with Crippen LogP contribution in [0.5, 0.6) is 0 Å². The Morgan fingerprint density at radius 2 is 2.21 bits per heavy atom. The predicted molar refractivity (Wildman–Crippen MR) is 83.1 cm³/mol. The monoisotopic (exact) mass is 298 g/mol. The molecule has 1 aromatic heterocycles. The van der Waals surface area contributed by atoms with Crippen molar-refractivity contribution < 1.29 is 4.74 Å². The molecule has 1 unspecified atom stereocenters. The summed E-state index contributed by atoms with van der Waals surface area (Å²) in [7, 11) is 0. The lowest BCUT2D eigenvalue weighted by Gasteiger charge is -2.32. The van der Waals surface area contributed by atoms with Crippen molar-refractivity contribution >= 4 is 33.8 Å². The number of halogens is 1. The number of ether oxygens (including phenoxy) is 1. The van der Waals surface area contributed by atoms with Gasteiger partial charge in [-0.05, 0) is 22.4 Å². The molecule has 5 heteroatoms. The van der Waals surface area contributed by atoms with Crippen LogP contribution in [-0.4, -0.2) is 37.2 Å². The minimum atomic E-state index is 0. The Labute approximate surface area is 123 Å². The van der Waals surface area contributed by atoms with E-state index in [4.69, 9.17) is 10.5 Å². The van der Waals surface area contributed by atoms with E-state index in [-0.39, 0.29) is 18.5 Å². The average Bonchev–Trinajstić information content (AvgIpc) is 2.83. The normalized spacial score (nSPS) is 20.4. The molecule has 2 heterocycles. The van der Waals surface area contributed by atoms with E-state index < -0.39 is 0 Å². The van der Waals surface area contributed by atoms with Crippen molar-refractivity contribution in [2.75, 3.05) is 26.2 Å². The molecular formula is C14H19ClN2OS. The van der Waals surface area contributed by atoms with Crippen molar-refractivity contribution in [2.24, 2.45) is 5.73 Å². The van der Waals surface area contributed by atoms with Crippen LogP contribution in [0.25, 0.3) is 10.1 Å². The first kappa shape index (κ1) is 14.8. The van der Waals surface area contributed by atoms with Gasteiger partial charge in [0.15, 0.2) is 0 Å². The van der Waals surface area contributed by atoms with Crippen LogP contribution in [0.1, 0.15) is 5.56 Å². The maximum Gasteiger partial charge on any atom is 0.0824 e. The van der Waals surface area contributed by atoms with Gasteiger partial charge in [0.25, 0.3) is 0 Å². The lowest BCUT2D eigenvalue weighted by molar-refractivity contribution is -0.0258. The van der Waals surface area contributed by atoms with Crippen LogP contribution in [0, 0.1) is 0 Å². The Kier molecular flexibility index (Phi) is 5.19. The highest BCUT2D eigenvalue weighted by Gasteiger charge is 2.19. The third kappa shape index (κ3) is 3.27. The fourth-order valence-corrected chi connectivity index (χ4v) is 3.42. The summed E-state index contributed by atoms with van der Waals surface area (Å²) < 4.78 is 6.97. The zero-order valence-corrected chi connectivity index (χ0v) is 12.4. The van der Waals surface area contributed by atoms with Gasteiger partial charge in [0.1, 0.15) is 0 Å². The summed E-state index contributed by atoms with van der Waals surface area (Å²) in [5.74, 6) is 0. The van der Waals surface area contributed by atoms with Gasteiger partial charge in [-0.2, -0.15) is 0 Å². The Bertz CT molecular complexity index is 531. The molecule has 3 rings (SSSR count). The van der Waals surface area contributed by atoms with Gasteiger partial charge in [-0.25, -0.2) is 0 Å². The lowest BCUT2D eigenvalue weighted by atomic mass is 10.1. The van der Waals surface area contributed by atoms with Crippen molar-refractivity contribution in [3.8, 4) is 0 Å². The van der Waals surface area contributed by atoms with Crippen molar-refractivity contribution in [3.63, 3.8) is 0 Å². The van der Waals surface area contributed by atoms with Crippen LogP contribution >= 0.6 is 23.7 Å². The van der Waals surface area contributed by atoms with Gasteiger partial charge in [-0.3, -0.25) is 4.90 Å². The first-order chi connectivity index (χ1) is 8.86. The molecule has 19 heavy (non-hydrogen) atoms. The summed E-state index contributed by atoms with van der Waals surface area (Å²) in [6.45, 7) is 4.36. The van der Waals surface area contributed by atoms with Gasteiger partial charge in [0.2, 0.25) is 0 Å². The van der Waals surface area contributed by atoms with E-state index in [1.54, 1.807) is 0 Å². The van der Waals surface area contributed by atoms with E-state index in [1.807, 2.05) is 11.3 Å². The second kappa shape index (κ2) is 6.68. The molecule has 1 fully saturated rings. The number of hydrogen-bond donors (Lipinski definition) is 1. The SMILES string of the molecule is Cl.NCC1CN(Cc2csc3ccccc23)CCO1. The summed E-state index contributed by atoms with van der Waals surface area (Å²) in [5.41, 5.74) is 7.10. The van der Waals surface area contributed by atoms with Gasteiger partial charge in [-0.15, -0.1) is 23.7 Å². The minimum Gasteiger partial charge on any atom is -0.374 e. The van der Waals surface area contributed by atoms with E-state index in [2.05, 4.69) is 34.5 Å². The molecule has 1 aliphatic heterocycles. The van der Waals surface area contributed by atoms with Gasteiger partial charge in [0, 0.05) is 30.9 Å². The molecule has 3 nitrogen and oxygen atoms in total. The van der Waals surface area contributed by atoms with Crippen LogP contribution in [0.3, 0.4) is 0 Å². The maximum absolute atomic E-state index is 5.68. The second-order valence-corrected chi connectivity index (χ2v) is 5.63. The number of nitrogens with two attached hydrogens (primary N) is 1. The summed E-state index contributed by atoms with van der Waals surface area (Å²) in [4.78, 5) is 2.44. The number of hydrogen-bond acceptors (Lipinski definition) is 4. The number of thiophene rings is 1. The summed E-state index contributed by atoms with van der Waals surface area (Å²) >= 11 is 1.83. The number of morpholine rings is 1. The number of rotatable bonds is 3. The topological polar surface area (TPSA) is 38.5 Å². The molecule has 1 aliphatic rings. The predicted octanol–water partition coefficient (Wildman–Crippen LogP) is 2.48. The van der Waals surface area contributed by atoms with Crippen LogP contribution in [0.4, 0.5) is 0 Å². The highest BCUT2D eigenvalue weighted by molar-refractivity contribution is 7.17. The fraction of sp³-hybridized carbons (Fsp3) is 0.429. The van der Waals surface area contributed by atoms with Crippen molar-refractivity contribution in [1.29, 1.82) is 0 Å².